The molecule has 2 heterocycles. The Morgan fingerprint density at radius 1 is 1.36 bits per heavy atom. The molecule has 2 N–H and O–H groups in total. The molecule has 0 aliphatic carbocycles. The summed E-state index contributed by atoms with van der Waals surface area (Å²) >= 11 is 0. The zero-order valence-electron chi connectivity index (χ0n) is 14.2. The minimum atomic E-state index is -3.31. The van der Waals surface area contributed by atoms with E-state index < -0.39 is 59.8 Å². The van der Waals surface area contributed by atoms with Crippen LogP contribution >= 0.6 is 0 Å². The van der Waals surface area contributed by atoms with Gasteiger partial charge in [0.15, 0.2) is 0 Å². The van der Waals surface area contributed by atoms with Crippen LogP contribution in [0, 0.1) is 0 Å². The zero-order valence-corrected chi connectivity index (χ0v) is 14.2. The van der Waals surface area contributed by atoms with Gasteiger partial charge in [-0.3, -0.25) is 9.69 Å². The molecule has 9 nitrogen and oxygen atoms in total. The molecule has 28 heavy (non-hydrogen) atoms. The summed E-state index contributed by atoms with van der Waals surface area (Å²) in [7, 11) is 0. The molecule has 0 radical (unpaired) electrons. The average molecular weight is 394 g/mol. The van der Waals surface area contributed by atoms with Crippen LogP contribution in [0.25, 0.3) is 0 Å². The number of alkyl halides is 2. The number of hydrogen-bond donors (Lipinski definition) is 2. The number of nitrogens with zero attached hydrogens (tertiary/aromatic N) is 2. The molecule has 1 aromatic carbocycles. The molecule has 0 saturated carbocycles. The number of aromatic carboxylic acids is 1. The van der Waals surface area contributed by atoms with E-state index in [0.29, 0.717) is 10.5 Å². The highest BCUT2D eigenvalue weighted by Crippen LogP contribution is 2.40. The molecule has 148 valence electrons. The summed E-state index contributed by atoms with van der Waals surface area (Å²) in [4.78, 5) is 41.2. The second-order valence-electron chi connectivity index (χ2n) is 6.18. The van der Waals surface area contributed by atoms with Gasteiger partial charge in [-0.1, -0.05) is 30.3 Å². The Hall–Kier alpha value is -3.50. The Bertz CT molecular complexity index is 963. The van der Waals surface area contributed by atoms with Gasteiger partial charge in [-0.2, -0.15) is 0 Å². The molecule has 1 fully saturated rings. The molecule has 2 aromatic rings. The molecule has 0 unspecified atom stereocenters. The lowest BCUT2D eigenvalue weighted by Crippen LogP contribution is -2.35. The fourth-order valence-electron chi connectivity index (χ4n) is 2.84. The quantitative estimate of drug-likeness (QED) is 0.797. The molecule has 1 atom stereocenters. The van der Waals surface area contributed by atoms with Gasteiger partial charge in [0, 0.05) is 6.42 Å². The number of H-pyrrole nitrogens is 1. The highest BCUT2D eigenvalue weighted by Gasteiger charge is 2.49. The van der Waals surface area contributed by atoms with Crippen LogP contribution in [0.4, 0.5) is 13.6 Å². The van der Waals surface area contributed by atoms with Crippen molar-refractivity contribution in [2.45, 2.75) is 25.0 Å². The smallest absolute Gasteiger partial charge is 0.410 e. The maximum Gasteiger partial charge on any atom is 0.410 e. The van der Waals surface area contributed by atoms with Gasteiger partial charge in [-0.25, -0.2) is 23.4 Å². The summed E-state index contributed by atoms with van der Waals surface area (Å²) in [5.74, 6) is -7.01. The number of carbonyl (C=O) groups is 2. The van der Waals surface area contributed by atoms with Crippen LogP contribution in [-0.2, 0) is 11.3 Å². The van der Waals surface area contributed by atoms with Crippen molar-refractivity contribution in [3.05, 3.63) is 57.8 Å². The van der Waals surface area contributed by atoms with Crippen molar-refractivity contribution in [3.8, 4) is 5.75 Å². The standard InChI is InChI=1S/C17H15F2N3O6/c18-17(19)6-10(13-20-11(15(25)26)12(23)14(24)21-13)22(8-17)16(27)28-7-9-4-2-1-3-5-9/h1-5,10,23H,6-8H2,(H,25,26)(H,20,21,24)/p-1/t10-/m0/s1. The maximum absolute atomic E-state index is 13.9. The number of hydrogen-bond acceptors (Lipinski definition) is 6. The molecule has 3 rings (SSSR count). The SMILES string of the molecule is O=C(O)c1nc([C@@H]2CC(F)(F)CN2C(=O)OCc2ccccc2)[nH]c(=O)c1[O-]. The van der Waals surface area contributed by atoms with Gasteiger partial charge >= 0.3 is 12.1 Å². The number of benzene rings is 1. The van der Waals surface area contributed by atoms with Crippen LogP contribution in [0.2, 0.25) is 0 Å². The number of nitrogens with one attached hydrogen (secondary N) is 1. The summed E-state index contributed by atoms with van der Waals surface area (Å²) in [5, 5.41) is 20.5. The number of amides is 1. The summed E-state index contributed by atoms with van der Waals surface area (Å²) < 4.78 is 32.9. The van der Waals surface area contributed by atoms with Crippen molar-refractivity contribution in [1.82, 2.24) is 14.9 Å². The van der Waals surface area contributed by atoms with Gasteiger partial charge in [0.1, 0.15) is 18.1 Å². The lowest BCUT2D eigenvalue weighted by molar-refractivity contribution is -0.271. The third-order valence-corrected chi connectivity index (χ3v) is 4.12. The highest BCUT2D eigenvalue weighted by molar-refractivity contribution is 5.88. The van der Waals surface area contributed by atoms with E-state index in [1.807, 2.05) is 4.98 Å². The number of halogens is 2. The highest BCUT2D eigenvalue weighted by atomic mass is 19.3. The third-order valence-electron chi connectivity index (χ3n) is 4.12. The molecular weight excluding hydrogens is 380 g/mol. The summed E-state index contributed by atoms with van der Waals surface area (Å²) in [6, 6.07) is 7.07. The monoisotopic (exact) mass is 394 g/mol. The lowest BCUT2D eigenvalue weighted by atomic mass is 10.1. The number of aromatic nitrogens is 2. The first kappa shape index (κ1) is 19.3. The van der Waals surface area contributed by atoms with Gasteiger partial charge in [0.05, 0.1) is 12.6 Å². The molecular formula is C17H14F2N3O6-. The van der Waals surface area contributed by atoms with Crippen molar-refractivity contribution in [3.63, 3.8) is 0 Å². The van der Waals surface area contributed by atoms with E-state index >= 15 is 0 Å². The van der Waals surface area contributed by atoms with E-state index in [4.69, 9.17) is 9.84 Å². The zero-order chi connectivity index (χ0) is 20.5. The van der Waals surface area contributed by atoms with E-state index in [1.54, 1.807) is 30.3 Å². The van der Waals surface area contributed by atoms with Gasteiger partial charge < -0.3 is 19.9 Å². The number of aromatic amines is 1. The summed E-state index contributed by atoms with van der Waals surface area (Å²) in [6.45, 7) is -1.17. The first-order valence-electron chi connectivity index (χ1n) is 8.07. The fourth-order valence-corrected chi connectivity index (χ4v) is 2.84. The molecule has 0 bridgehead atoms. The lowest BCUT2D eigenvalue weighted by Gasteiger charge is -2.23. The summed E-state index contributed by atoms with van der Waals surface area (Å²) in [6.07, 6.45) is -2.00. The Morgan fingerprint density at radius 2 is 2.04 bits per heavy atom. The van der Waals surface area contributed by atoms with E-state index in [-0.39, 0.29) is 6.61 Å². The van der Waals surface area contributed by atoms with E-state index in [1.165, 1.54) is 0 Å². The minimum Gasteiger partial charge on any atom is -0.867 e. The van der Waals surface area contributed by atoms with Crippen LogP contribution in [0.15, 0.2) is 35.1 Å². The predicted octanol–water partition coefficient (Wildman–Crippen LogP) is 1.26. The van der Waals surface area contributed by atoms with Crippen LogP contribution < -0.4 is 10.7 Å². The molecule has 0 spiro atoms. The average Bonchev–Trinajstić information content (AvgIpc) is 2.98. The Morgan fingerprint density at radius 3 is 2.68 bits per heavy atom. The number of rotatable bonds is 4. The van der Waals surface area contributed by atoms with Crippen molar-refractivity contribution in [2.75, 3.05) is 6.54 Å². The van der Waals surface area contributed by atoms with Crippen molar-refractivity contribution in [2.24, 2.45) is 0 Å². The maximum atomic E-state index is 13.9. The molecule has 1 aromatic heterocycles. The number of carboxylic acid groups (broad SMARTS) is 1. The Balaban J connectivity index is 1.87. The van der Waals surface area contributed by atoms with Gasteiger partial charge in [-0.05, 0) is 11.3 Å². The van der Waals surface area contributed by atoms with Crippen LogP contribution in [0.1, 0.15) is 34.3 Å². The van der Waals surface area contributed by atoms with Crippen molar-refractivity contribution < 1.29 is 33.3 Å². The second kappa shape index (κ2) is 7.25. The second-order valence-corrected chi connectivity index (χ2v) is 6.18. The van der Waals surface area contributed by atoms with Crippen LogP contribution in [-0.4, -0.2) is 44.5 Å². The Labute approximate surface area is 156 Å². The van der Waals surface area contributed by atoms with Crippen molar-refractivity contribution >= 4 is 12.1 Å². The van der Waals surface area contributed by atoms with E-state index in [9.17, 15) is 28.3 Å². The summed E-state index contributed by atoms with van der Waals surface area (Å²) in [5.41, 5.74) is -1.80. The van der Waals surface area contributed by atoms with Crippen LogP contribution in [0.3, 0.4) is 0 Å². The molecule has 11 heteroatoms. The largest absolute Gasteiger partial charge is 0.867 e. The number of carbonyl (C=O) groups excluding carboxylic acids is 1. The normalized spacial score (nSPS) is 18.1. The van der Waals surface area contributed by atoms with Gasteiger partial charge in [0.25, 0.3) is 5.92 Å². The van der Waals surface area contributed by atoms with Crippen molar-refractivity contribution in [1.29, 1.82) is 0 Å². The van der Waals surface area contributed by atoms with Crippen LogP contribution in [0.5, 0.6) is 5.75 Å². The number of carboxylic acids is 1. The van der Waals surface area contributed by atoms with E-state index in [0.717, 1.165) is 0 Å². The minimum absolute atomic E-state index is 0.168. The molecule has 1 amide bonds. The molecule has 1 saturated heterocycles. The predicted molar refractivity (Wildman–Crippen MR) is 86.9 cm³/mol. The molecule has 1 aliphatic heterocycles. The number of ether oxygens (including phenoxy) is 1. The van der Waals surface area contributed by atoms with Gasteiger partial charge in [-0.15, -0.1) is 0 Å². The molecule has 1 aliphatic rings. The Kier molecular flexibility index (Phi) is 4.99. The van der Waals surface area contributed by atoms with Gasteiger partial charge in [0.2, 0.25) is 5.56 Å². The fraction of sp³-hybridized carbons (Fsp3) is 0.294. The third kappa shape index (κ3) is 3.92. The topological polar surface area (TPSA) is 136 Å². The first-order chi connectivity index (χ1) is 13.2. The number of likely N-dealkylation sites (tertiary alicyclic amines) is 1. The van der Waals surface area contributed by atoms with E-state index in [2.05, 4.69) is 4.98 Å². The first-order valence-corrected chi connectivity index (χ1v) is 8.07.